The molecule has 1 saturated carbocycles. The van der Waals surface area contributed by atoms with Crippen LogP contribution in [0.4, 0.5) is 0 Å². The van der Waals surface area contributed by atoms with E-state index in [1.54, 1.807) is 36.4 Å². The molecule has 0 aromatic heterocycles. The molecule has 2 aromatic carbocycles. The highest BCUT2D eigenvalue weighted by atomic mass is 16.4. The summed E-state index contributed by atoms with van der Waals surface area (Å²) in [5, 5.41) is 14.7. The average Bonchev–Trinajstić information content (AvgIpc) is 3.55. The largest absolute Gasteiger partial charge is 0.481 e. The quantitative estimate of drug-likeness (QED) is 0.623. The van der Waals surface area contributed by atoms with Gasteiger partial charge in [-0.25, -0.2) is 0 Å². The summed E-state index contributed by atoms with van der Waals surface area (Å²) in [4.78, 5) is 36.5. The number of aliphatic carboxylic acids is 1. The van der Waals surface area contributed by atoms with Gasteiger partial charge in [0, 0.05) is 12.1 Å². The van der Waals surface area contributed by atoms with Crippen molar-refractivity contribution in [2.75, 3.05) is 6.54 Å². The number of hydrogen-bond acceptors (Lipinski definition) is 3. The maximum atomic E-state index is 12.9. The van der Waals surface area contributed by atoms with Crippen molar-refractivity contribution in [1.29, 1.82) is 0 Å². The lowest BCUT2D eigenvalue weighted by molar-refractivity contribution is -0.138. The van der Waals surface area contributed by atoms with Crippen molar-refractivity contribution < 1.29 is 19.5 Å². The van der Waals surface area contributed by atoms with Crippen LogP contribution in [-0.4, -0.2) is 29.4 Å². The van der Waals surface area contributed by atoms with Crippen LogP contribution in [0.1, 0.15) is 41.2 Å². The van der Waals surface area contributed by atoms with Gasteiger partial charge in [-0.15, -0.1) is 0 Å². The highest BCUT2D eigenvalue weighted by Gasteiger charge is 2.33. The lowest BCUT2D eigenvalue weighted by Crippen LogP contribution is -2.42. The molecular formula is C22H24N2O4. The van der Waals surface area contributed by atoms with Crippen LogP contribution in [0.2, 0.25) is 0 Å². The number of nitrogens with one attached hydrogen (secondary N) is 2. The third kappa shape index (κ3) is 5.42. The first-order chi connectivity index (χ1) is 13.5. The minimum atomic E-state index is -0.858. The molecule has 1 fully saturated rings. The standard InChI is InChI=1S/C22H24N2O4/c25-19(26)13-18(15-11-12-15)14-23-22(28)20(16-7-3-1-4-8-16)24-21(27)17-9-5-2-6-10-17/h1-10,15,18,20H,11-14H2,(H,23,28)(H,24,27)(H,25,26). The fourth-order valence-electron chi connectivity index (χ4n) is 3.28. The summed E-state index contributed by atoms with van der Waals surface area (Å²) in [6, 6.07) is 16.9. The van der Waals surface area contributed by atoms with Gasteiger partial charge in [0.15, 0.2) is 0 Å². The molecule has 3 rings (SSSR count). The summed E-state index contributed by atoms with van der Waals surface area (Å²) in [6.07, 6.45) is 2.04. The Balaban J connectivity index is 1.70. The molecule has 3 N–H and O–H groups in total. The van der Waals surface area contributed by atoms with Crippen molar-refractivity contribution in [1.82, 2.24) is 10.6 Å². The minimum Gasteiger partial charge on any atom is -0.481 e. The van der Waals surface area contributed by atoms with Crippen LogP contribution in [0.15, 0.2) is 60.7 Å². The Labute approximate surface area is 164 Å². The summed E-state index contributed by atoms with van der Waals surface area (Å²) in [6.45, 7) is 0.292. The van der Waals surface area contributed by atoms with E-state index < -0.39 is 12.0 Å². The molecule has 0 aliphatic heterocycles. The first-order valence-electron chi connectivity index (χ1n) is 9.45. The van der Waals surface area contributed by atoms with Crippen LogP contribution in [0.25, 0.3) is 0 Å². The van der Waals surface area contributed by atoms with Crippen molar-refractivity contribution in [3.8, 4) is 0 Å². The van der Waals surface area contributed by atoms with Gasteiger partial charge in [-0.2, -0.15) is 0 Å². The molecule has 0 radical (unpaired) electrons. The molecule has 0 saturated heterocycles. The van der Waals surface area contributed by atoms with E-state index in [4.69, 9.17) is 5.11 Å². The minimum absolute atomic E-state index is 0.0390. The number of amides is 2. The molecular weight excluding hydrogens is 356 g/mol. The van der Waals surface area contributed by atoms with Gasteiger partial charge < -0.3 is 15.7 Å². The van der Waals surface area contributed by atoms with Gasteiger partial charge in [0.25, 0.3) is 5.91 Å². The van der Waals surface area contributed by atoms with Gasteiger partial charge in [-0.05, 0) is 42.4 Å². The fourth-order valence-corrected chi connectivity index (χ4v) is 3.28. The number of carboxylic acid groups (broad SMARTS) is 1. The third-order valence-corrected chi connectivity index (χ3v) is 4.97. The predicted octanol–water partition coefficient (Wildman–Crippen LogP) is 2.77. The van der Waals surface area contributed by atoms with Crippen molar-refractivity contribution in [3.63, 3.8) is 0 Å². The second kappa shape index (κ2) is 9.17. The van der Waals surface area contributed by atoms with Crippen LogP contribution in [0, 0.1) is 11.8 Å². The van der Waals surface area contributed by atoms with Gasteiger partial charge >= 0.3 is 5.97 Å². The van der Waals surface area contributed by atoms with E-state index in [1.807, 2.05) is 24.3 Å². The van der Waals surface area contributed by atoms with Gasteiger partial charge in [-0.1, -0.05) is 48.5 Å². The lowest BCUT2D eigenvalue weighted by atomic mass is 9.99. The van der Waals surface area contributed by atoms with Crippen LogP contribution in [0.5, 0.6) is 0 Å². The summed E-state index contributed by atoms with van der Waals surface area (Å²) in [7, 11) is 0. The second-order valence-electron chi connectivity index (χ2n) is 7.12. The van der Waals surface area contributed by atoms with Crippen LogP contribution >= 0.6 is 0 Å². The monoisotopic (exact) mass is 380 g/mol. The summed E-state index contributed by atoms with van der Waals surface area (Å²) in [5.41, 5.74) is 1.14. The zero-order chi connectivity index (χ0) is 19.9. The summed E-state index contributed by atoms with van der Waals surface area (Å²) < 4.78 is 0. The molecule has 146 valence electrons. The van der Waals surface area contributed by atoms with Gasteiger partial charge in [0.1, 0.15) is 6.04 Å². The van der Waals surface area contributed by atoms with Crippen LogP contribution < -0.4 is 10.6 Å². The van der Waals surface area contributed by atoms with E-state index in [9.17, 15) is 14.4 Å². The zero-order valence-electron chi connectivity index (χ0n) is 15.5. The Morgan fingerprint density at radius 2 is 1.57 bits per heavy atom. The number of carbonyl (C=O) groups is 3. The highest BCUT2D eigenvalue weighted by Crippen LogP contribution is 2.38. The zero-order valence-corrected chi connectivity index (χ0v) is 15.5. The number of carboxylic acids is 1. The lowest BCUT2D eigenvalue weighted by Gasteiger charge is -2.21. The number of hydrogen-bond donors (Lipinski definition) is 3. The number of rotatable bonds is 9. The maximum absolute atomic E-state index is 12.9. The fraction of sp³-hybridized carbons (Fsp3) is 0.318. The first-order valence-corrected chi connectivity index (χ1v) is 9.45. The van der Waals surface area contributed by atoms with Crippen molar-refractivity contribution in [2.45, 2.75) is 25.3 Å². The normalized spacial score (nSPS) is 15.3. The Morgan fingerprint density at radius 1 is 0.964 bits per heavy atom. The molecule has 2 amide bonds. The van der Waals surface area contributed by atoms with Gasteiger partial charge in [0.05, 0.1) is 6.42 Å². The molecule has 0 bridgehead atoms. The van der Waals surface area contributed by atoms with Gasteiger partial charge in [-0.3, -0.25) is 14.4 Å². The molecule has 2 aromatic rings. The first kappa shape index (κ1) is 19.6. The molecule has 6 nitrogen and oxygen atoms in total. The van der Waals surface area contributed by atoms with Crippen molar-refractivity contribution in [2.24, 2.45) is 11.8 Å². The SMILES string of the molecule is O=C(O)CC(CNC(=O)C(NC(=O)c1ccccc1)c1ccccc1)C1CC1. The average molecular weight is 380 g/mol. The smallest absolute Gasteiger partial charge is 0.303 e. The third-order valence-electron chi connectivity index (χ3n) is 4.97. The molecule has 0 heterocycles. The highest BCUT2D eigenvalue weighted by molar-refractivity contribution is 5.97. The molecule has 28 heavy (non-hydrogen) atoms. The Bertz CT molecular complexity index is 819. The topological polar surface area (TPSA) is 95.5 Å². The van der Waals surface area contributed by atoms with Crippen molar-refractivity contribution >= 4 is 17.8 Å². The maximum Gasteiger partial charge on any atom is 0.303 e. The van der Waals surface area contributed by atoms with Gasteiger partial charge in [0.2, 0.25) is 5.91 Å². The van der Waals surface area contributed by atoms with Crippen LogP contribution in [-0.2, 0) is 9.59 Å². The summed E-state index contributed by atoms with van der Waals surface area (Å²) in [5.74, 6) is -1.27. The Kier molecular flexibility index (Phi) is 6.42. The summed E-state index contributed by atoms with van der Waals surface area (Å²) >= 11 is 0. The Morgan fingerprint density at radius 3 is 2.14 bits per heavy atom. The van der Waals surface area contributed by atoms with E-state index in [0.717, 1.165) is 12.8 Å². The number of carbonyl (C=O) groups excluding carboxylic acids is 2. The predicted molar refractivity (Wildman–Crippen MR) is 105 cm³/mol. The molecule has 6 heteroatoms. The van der Waals surface area contributed by atoms with Crippen LogP contribution in [0.3, 0.4) is 0 Å². The molecule has 1 aliphatic rings. The molecule has 2 atom stereocenters. The van der Waals surface area contributed by atoms with E-state index in [-0.39, 0.29) is 24.2 Å². The second-order valence-corrected chi connectivity index (χ2v) is 7.12. The molecule has 0 spiro atoms. The van der Waals surface area contributed by atoms with E-state index in [1.165, 1.54) is 0 Å². The van der Waals surface area contributed by atoms with E-state index in [2.05, 4.69) is 10.6 Å². The van der Waals surface area contributed by atoms with E-state index in [0.29, 0.717) is 23.6 Å². The van der Waals surface area contributed by atoms with E-state index >= 15 is 0 Å². The Hall–Kier alpha value is -3.15. The number of benzene rings is 2. The molecule has 1 aliphatic carbocycles. The molecule has 2 unspecified atom stereocenters. The van der Waals surface area contributed by atoms with Crippen molar-refractivity contribution in [3.05, 3.63) is 71.8 Å².